The molecule has 2 heterocycles. The Balaban J connectivity index is 2.38. The molecule has 0 unspecified atom stereocenters. The molecule has 0 atom stereocenters. The van der Waals surface area contributed by atoms with Crippen molar-refractivity contribution < 1.29 is 4.74 Å². The summed E-state index contributed by atoms with van der Waals surface area (Å²) >= 11 is 3.41. The summed E-state index contributed by atoms with van der Waals surface area (Å²) < 4.78 is 6.43. The summed E-state index contributed by atoms with van der Waals surface area (Å²) in [5, 5.41) is 0. The lowest BCUT2D eigenvalue weighted by Gasteiger charge is -2.10. The van der Waals surface area contributed by atoms with Gasteiger partial charge in [0.1, 0.15) is 16.2 Å². The van der Waals surface area contributed by atoms with E-state index in [1.54, 1.807) is 12.4 Å². The molecule has 2 rings (SSSR count). The highest BCUT2D eigenvalue weighted by Crippen LogP contribution is 2.23. The third kappa shape index (κ3) is 3.73. The third-order valence-corrected chi connectivity index (χ3v) is 2.84. The number of halogens is 1. The van der Waals surface area contributed by atoms with Gasteiger partial charge in [0.15, 0.2) is 0 Å². The van der Waals surface area contributed by atoms with Crippen LogP contribution in [-0.2, 0) is 6.42 Å². The number of rotatable bonds is 4. The highest BCUT2D eigenvalue weighted by atomic mass is 79.9. The topological polar surface area (TPSA) is 47.9 Å². The number of nitrogens with zero attached hydrogens (tertiary/aromatic N) is 3. The number of ether oxygens (including phenoxy) is 1. The average Bonchev–Trinajstić information content (AvgIpc) is 2.37. The van der Waals surface area contributed by atoms with Gasteiger partial charge in [0, 0.05) is 18.2 Å². The lowest BCUT2D eigenvalue weighted by molar-refractivity contribution is 0.241. The number of hydrogen-bond donors (Lipinski definition) is 0. The fourth-order valence-corrected chi connectivity index (χ4v) is 2.09. The second-order valence-corrected chi connectivity index (χ2v) is 5.23. The minimum Gasteiger partial charge on any atom is -0.489 e. The Morgan fingerprint density at radius 2 is 2.00 bits per heavy atom. The summed E-state index contributed by atoms with van der Waals surface area (Å²) in [5.74, 6) is 1.56. The predicted molar refractivity (Wildman–Crippen MR) is 78.1 cm³/mol. The van der Waals surface area contributed by atoms with E-state index in [0.717, 1.165) is 33.9 Å². The van der Waals surface area contributed by atoms with Crippen LogP contribution in [0.2, 0.25) is 0 Å². The van der Waals surface area contributed by atoms with E-state index in [2.05, 4.69) is 30.9 Å². The molecule has 5 heteroatoms. The molecule has 0 amide bonds. The van der Waals surface area contributed by atoms with Crippen LogP contribution in [0.25, 0.3) is 11.3 Å². The summed E-state index contributed by atoms with van der Waals surface area (Å²) in [4.78, 5) is 13.0. The van der Waals surface area contributed by atoms with Gasteiger partial charge < -0.3 is 4.74 Å². The normalized spacial score (nSPS) is 10.8. The van der Waals surface area contributed by atoms with E-state index >= 15 is 0 Å². The first-order chi connectivity index (χ1) is 9.08. The lowest BCUT2D eigenvalue weighted by atomic mass is 10.2. The molecule has 0 spiro atoms. The molecule has 2 aromatic heterocycles. The highest BCUT2D eigenvalue weighted by molar-refractivity contribution is 9.10. The Morgan fingerprint density at radius 1 is 1.21 bits per heavy atom. The van der Waals surface area contributed by atoms with E-state index in [1.165, 1.54) is 0 Å². The zero-order valence-electron chi connectivity index (χ0n) is 11.2. The standard InChI is InChI=1S/C14H16BrN3O/c1-4-14-17-12(6-13(15)18-14)10-5-11(8-16-7-10)19-9(2)3/h5-9H,4H2,1-3H3. The van der Waals surface area contributed by atoms with Gasteiger partial charge in [0.05, 0.1) is 18.0 Å². The molecular weight excluding hydrogens is 306 g/mol. The van der Waals surface area contributed by atoms with Crippen LogP contribution in [-0.4, -0.2) is 21.1 Å². The van der Waals surface area contributed by atoms with Gasteiger partial charge in [-0.3, -0.25) is 4.98 Å². The second kappa shape index (κ2) is 6.10. The van der Waals surface area contributed by atoms with Crippen molar-refractivity contribution >= 4 is 15.9 Å². The van der Waals surface area contributed by atoms with Gasteiger partial charge in [-0.2, -0.15) is 0 Å². The molecule has 0 aliphatic carbocycles. The van der Waals surface area contributed by atoms with Crippen LogP contribution in [0.1, 0.15) is 26.6 Å². The van der Waals surface area contributed by atoms with Crippen molar-refractivity contribution in [3.63, 3.8) is 0 Å². The molecule has 0 fully saturated rings. The zero-order chi connectivity index (χ0) is 13.8. The first-order valence-corrected chi connectivity index (χ1v) is 7.03. The average molecular weight is 322 g/mol. The highest BCUT2D eigenvalue weighted by Gasteiger charge is 2.07. The van der Waals surface area contributed by atoms with Gasteiger partial charge in [-0.25, -0.2) is 9.97 Å². The van der Waals surface area contributed by atoms with E-state index < -0.39 is 0 Å². The minimum absolute atomic E-state index is 0.125. The molecule has 2 aromatic rings. The molecule has 0 radical (unpaired) electrons. The van der Waals surface area contributed by atoms with Gasteiger partial charge >= 0.3 is 0 Å². The molecule has 0 N–H and O–H groups in total. The maximum absolute atomic E-state index is 5.65. The van der Waals surface area contributed by atoms with Gasteiger partial charge in [0.2, 0.25) is 0 Å². The summed E-state index contributed by atoms with van der Waals surface area (Å²) in [6.45, 7) is 6.01. The van der Waals surface area contributed by atoms with Gasteiger partial charge in [0.25, 0.3) is 0 Å². The van der Waals surface area contributed by atoms with E-state index in [1.807, 2.05) is 32.9 Å². The quantitative estimate of drug-likeness (QED) is 0.806. The minimum atomic E-state index is 0.125. The Kier molecular flexibility index (Phi) is 4.47. The van der Waals surface area contributed by atoms with Crippen molar-refractivity contribution in [3.8, 4) is 17.0 Å². The van der Waals surface area contributed by atoms with E-state index in [-0.39, 0.29) is 6.10 Å². The maximum atomic E-state index is 5.65. The van der Waals surface area contributed by atoms with E-state index in [9.17, 15) is 0 Å². The molecule has 19 heavy (non-hydrogen) atoms. The lowest BCUT2D eigenvalue weighted by Crippen LogP contribution is -2.05. The van der Waals surface area contributed by atoms with Crippen LogP contribution < -0.4 is 4.74 Å². The third-order valence-electron chi connectivity index (χ3n) is 2.44. The number of aryl methyl sites for hydroxylation is 1. The van der Waals surface area contributed by atoms with Crippen molar-refractivity contribution in [1.82, 2.24) is 15.0 Å². The SMILES string of the molecule is CCc1nc(Br)cc(-c2cncc(OC(C)C)c2)n1. The van der Waals surface area contributed by atoms with Gasteiger partial charge in [-0.1, -0.05) is 6.92 Å². The Bertz CT molecular complexity index is 572. The Hall–Kier alpha value is -1.49. The summed E-state index contributed by atoms with van der Waals surface area (Å²) in [7, 11) is 0. The van der Waals surface area contributed by atoms with Gasteiger partial charge in [-0.15, -0.1) is 0 Å². The first kappa shape index (κ1) is 13.9. The van der Waals surface area contributed by atoms with Crippen LogP contribution >= 0.6 is 15.9 Å². The second-order valence-electron chi connectivity index (χ2n) is 4.42. The molecule has 0 aliphatic rings. The fraction of sp³-hybridized carbons (Fsp3) is 0.357. The summed E-state index contributed by atoms with van der Waals surface area (Å²) in [6.07, 6.45) is 4.41. The molecule has 0 bridgehead atoms. The van der Waals surface area contributed by atoms with Crippen LogP contribution in [0.5, 0.6) is 5.75 Å². The van der Waals surface area contributed by atoms with Crippen molar-refractivity contribution in [2.24, 2.45) is 0 Å². The smallest absolute Gasteiger partial charge is 0.138 e. The molecule has 0 aromatic carbocycles. The van der Waals surface area contributed by atoms with E-state index in [0.29, 0.717) is 0 Å². The largest absolute Gasteiger partial charge is 0.489 e. The Morgan fingerprint density at radius 3 is 2.68 bits per heavy atom. The van der Waals surface area contributed by atoms with Crippen molar-refractivity contribution in [2.75, 3.05) is 0 Å². The maximum Gasteiger partial charge on any atom is 0.138 e. The summed E-state index contributed by atoms with van der Waals surface area (Å²) in [6, 6.07) is 3.83. The number of pyridine rings is 1. The predicted octanol–water partition coefficient (Wildman–Crippen LogP) is 3.65. The molecule has 0 saturated carbocycles. The van der Waals surface area contributed by atoms with Crippen LogP contribution in [0, 0.1) is 0 Å². The van der Waals surface area contributed by atoms with Crippen molar-refractivity contribution in [3.05, 3.63) is 35.0 Å². The van der Waals surface area contributed by atoms with Crippen molar-refractivity contribution in [1.29, 1.82) is 0 Å². The number of aromatic nitrogens is 3. The molecular formula is C14H16BrN3O. The molecule has 0 aliphatic heterocycles. The van der Waals surface area contributed by atoms with E-state index in [4.69, 9.17) is 4.74 Å². The number of hydrogen-bond acceptors (Lipinski definition) is 4. The van der Waals surface area contributed by atoms with Crippen LogP contribution in [0.15, 0.2) is 29.1 Å². The molecule has 4 nitrogen and oxygen atoms in total. The monoisotopic (exact) mass is 321 g/mol. The fourth-order valence-electron chi connectivity index (χ4n) is 1.67. The first-order valence-electron chi connectivity index (χ1n) is 6.24. The Labute approximate surface area is 121 Å². The molecule has 0 saturated heterocycles. The molecule has 100 valence electrons. The van der Waals surface area contributed by atoms with Crippen molar-refractivity contribution in [2.45, 2.75) is 33.3 Å². The zero-order valence-corrected chi connectivity index (χ0v) is 12.8. The van der Waals surface area contributed by atoms with Crippen LogP contribution in [0.4, 0.5) is 0 Å². The van der Waals surface area contributed by atoms with Crippen LogP contribution in [0.3, 0.4) is 0 Å². The van der Waals surface area contributed by atoms with Gasteiger partial charge in [-0.05, 0) is 41.9 Å². The summed E-state index contributed by atoms with van der Waals surface area (Å²) in [5.41, 5.74) is 1.77.